The molecule has 1 aromatic carbocycles. The molecule has 0 spiro atoms. The van der Waals surface area contributed by atoms with Crippen LogP contribution in [0.15, 0.2) is 24.3 Å². The van der Waals surface area contributed by atoms with Gasteiger partial charge in [-0.1, -0.05) is 12.1 Å². The molecule has 0 amide bonds. The minimum absolute atomic E-state index is 0.0322. The first-order chi connectivity index (χ1) is 8.58. The van der Waals surface area contributed by atoms with Gasteiger partial charge in [-0.15, -0.1) is 0 Å². The standard InChI is InChI=1S/C12H20N4O2/c13-6-5-12(15)10(8-14)7-9-1-3-11(4-2-9)16(17)18/h1-4,10,12H,5-8,13-15H2. The quantitative estimate of drug-likeness (QED) is 0.478. The molecule has 1 rings (SSSR count). The highest BCUT2D eigenvalue weighted by Crippen LogP contribution is 2.16. The predicted octanol–water partition coefficient (Wildman–Crippen LogP) is 0.388. The average molecular weight is 252 g/mol. The molecule has 0 aromatic heterocycles. The Morgan fingerprint density at radius 3 is 2.28 bits per heavy atom. The van der Waals surface area contributed by atoms with Gasteiger partial charge in [0.15, 0.2) is 0 Å². The summed E-state index contributed by atoms with van der Waals surface area (Å²) in [6.07, 6.45) is 1.45. The summed E-state index contributed by atoms with van der Waals surface area (Å²) in [5.41, 5.74) is 18.3. The van der Waals surface area contributed by atoms with E-state index in [0.717, 1.165) is 18.4 Å². The molecule has 0 aliphatic carbocycles. The number of benzene rings is 1. The first kappa shape index (κ1) is 14.6. The lowest BCUT2D eigenvalue weighted by Crippen LogP contribution is -2.38. The van der Waals surface area contributed by atoms with E-state index in [9.17, 15) is 10.1 Å². The average Bonchev–Trinajstić information content (AvgIpc) is 2.36. The van der Waals surface area contributed by atoms with Gasteiger partial charge >= 0.3 is 0 Å². The van der Waals surface area contributed by atoms with Crippen LogP contribution in [0.2, 0.25) is 0 Å². The maximum Gasteiger partial charge on any atom is 0.269 e. The van der Waals surface area contributed by atoms with Crippen LogP contribution in [0.5, 0.6) is 0 Å². The smallest absolute Gasteiger partial charge is 0.269 e. The zero-order valence-electron chi connectivity index (χ0n) is 10.3. The molecule has 0 radical (unpaired) electrons. The Morgan fingerprint density at radius 1 is 1.22 bits per heavy atom. The number of nitrogens with two attached hydrogens (primary N) is 3. The second-order valence-corrected chi connectivity index (χ2v) is 4.36. The van der Waals surface area contributed by atoms with Crippen molar-refractivity contribution in [3.63, 3.8) is 0 Å². The van der Waals surface area contributed by atoms with E-state index in [1.54, 1.807) is 12.1 Å². The molecule has 100 valence electrons. The van der Waals surface area contributed by atoms with Crippen LogP contribution in [0.3, 0.4) is 0 Å². The van der Waals surface area contributed by atoms with Crippen LogP contribution >= 0.6 is 0 Å². The Kier molecular flexibility index (Phi) is 5.70. The number of non-ortho nitro benzene ring substituents is 1. The first-order valence-electron chi connectivity index (χ1n) is 5.97. The monoisotopic (exact) mass is 252 g/mol. The van der Waals surface area contributed by atoms with Crippen molar-refractivity contribution >= 4 is 5.69 Å². The number of nitrogens with zero attached hydrogens (tertiary/aromatic N) is 1. The third-order valence-electron chi connectivity index (χ3n) is 3.05. The molecule has 0 aliphatic heterocycles. The van der Waals surface area contributed by atoms with E-state index in [1.165, 1.54) is 12.1 Å². The lowest BCUT2D eigenvalue weighted by molar-refractivity contribution is -0.384. The maximum absolute atomic E-state index is 10.5. The molecule has 0 bridgehead atoms. The zero-order valence-corrected chi connectivity index (χ0v) is 10.3. The Hall–Kier alpha value is -1.50. The van der Waals surface area contributed by atoms with E-state index >= 15 is 0 Å². The van der Waals surface area contributed by atoms with Gasteiger partial charge in [0.25, 0.3) is 5.69 Å². The number of hydrogen-bond acceptors (Lipinski definition) is 5. The Labute approximate surface area is 106 Å². The second-order valence-electron chi connectivity index (χ2n) is 4.36. The molecule has 0 fully saturated rings. The van der Waals surface area contributed by atoms with Crippen LogP contribution in [-0.4, -0.2) is 24.1 Å². The summed E-state index contributed by atoms with van der Waals surface area (Å²) < 4.78 is 0. The predicted molar refractivity (Wildman–Crippen MR) is 71.0 cm³/mol. The van der Waals surface area contributed by atoms with Crippen LogP contribution < -0.4 is 17.2 Å². The maximum atomic E-state index is 10.5. The summed E-state index contributed by atoms with van der Waals surface area (Å²) in [5.74, 6) is 0.148. The van der Waals surface area contributed by atoms with E-state index in [1.807, 2.05) is 0 Å². The van der Waals surface area contributed by atoms with Crippen molar-refractivity contribution in [2.24, 2.45) is 23.1 Å². The van der Waals surface area contributed by atoms with E-state index < -0.39 is 4.92 Å². The number of hydrogen-bond donors (Lipinski definition) is 3. The molecule has 6 nitrogen and oxygen atoms in total. The molecular weight excluding hydrogens is 232 g/mol. The molecule has 6 N–H and O–H groups in total. The highest BCUT2D eigenvalue weighted by molar-refractivity contribution is 5.33. The molecule has 2 atom stereocenters. The summed E-state index contributed by atoms with van der Waals surface area (Å²) in [4.78, 5) is 10.1. The van der Waals surface area contributed by atoms with Gasteiger partial charge in [-0.25, -0.2) is 0 Å². The van der Waals surface area contributed by atoms with Crippen LogP contribution in [0, 0.1) is 16.0 Å². The van der Waals surface area contributed by atoms with Gasteiger partial charge in [0, 0.05) is 18.2 Å². The van der Waals surface area contributed by atoms with Gasteiger partial charge in [-0.05, 0) is 37.4 Å². The molecular formula is C12H20N4O2. The zero-order chi connectivity index (χ0) is 13.5. The number of nitro benzene ring substituents is 1. The van der Waals surface area contributed by atoms with Crippen LogP contribution in [0.25, 0.3) is 0 Å². The minimum atomic E-state index is -0.412. The summed E-state index contributed by atoms with van der Waals surface area (Å²) in [6, 6.07) is 6.45. The lowest BCUT2D eigenvalue weighted by atomic mass is 9.91. The third-order valence-corrected chi connectivity index (χ3v) is 3.05. The van der Waals surface area contributed by atoms with Gasteiger partial charge < -0.3 is 17.2 Å². The third kappa shape index (κ3) is 4.06. The van der Waals surface area contributed by atoms with Crippen LogP contribution in [0.1, 0.15) is 12.0 Å². The molecule has 1 aromatic rings. The van der Waals surface area contributed by atoms with Gasteiger partial charge in [0.05, 0.1) is 4.92 Å². The van der Waals surface area contributed by atoms with Gasteiger partial charge in [-0.3, -0.25) is 10.1 Å². The van der Waals surface area contributed by atoms with Crippen molar-refractivity contribution in [2.45, 2.75) is 18.9 Å². The van der Waals surface area contributed by atoms with Crippen molar-refractivity contribution in [3.8, 4) is 0 Å². The normalized spacial score (nSPS) is 14.2. The fourth-order valence-corrected chi connectivity index (χ4v) is 1.89. The largest absolute Gasteiger partial charge is 0.330 e. The summed E-state index contributed by atoms with van der Waals surface area (Å²) in [7, 11) is 0. The molecule has 0 saturated heterocycles. The van der Waals surface area contributed by atoms with Crippen LogP contribution in [-0.2, 0) is 6.42 Å². The fourth-order valence-electron chi connectivity index (χ4n) is 1.89. The van der Waals surface area contributed by atoms with E-state index in [-0.39, 0.29) is 17.6 Å². The summed E-state index contributed by atoms with van der Waals surface area (Å²) >= 11 is 0. The van der Waals surface area contributed by atoms with Gasteiger partial charge in [0.1, 0.15) is 0 Å². The van der Waals surface area contributed by atoms with Gasteiger partial charge in [0.2, 0.25) is 0 Å². The second kappa shape index (κ2) is 7.05. The fraction of sp³-hybridized carbons (Fsp3) is 0.500. The Morgan fingerprint density at radius 2 is 1.83 bits per heavy atom. The van der Waals surface area contributed by atoms with Crippen LogP contribution in [0.4, 0.5) is 5.69 Å². The van der Waals surface area contributed by atoms with Crippen molar-refractivity contribution < 1.29 is 4.92 Å². The highest BCUT2D eigenvalue weighted by Gasteiger charge is 2.16. The number of nitro groups is 1. The van der Waals surface area contributed by atoms with E-state index in [2.05, 4.69) is 0 Å². The molecule has 0 aliphatic rings. The van der Waals surface area contributed by atoms with Gasteiger partial charge in [-0.2, -0.15) is 0 Å². The SMILES string of the molecule is NCCC(N)C(CN)Cc1ccc([N+](=O)[O-])cc1. The first-order valence-corrected chi connectivity index (χ1v) is 5.97. The summed E-state index contributed by atoms with van der Waals surface area (Å²) in [6.45, 7) is 1.02. The van der Waals surface area contributed by atoms with Crippen molar-refractivity contribution in [1.82, 2.24) is 0 Å². The Bertz CT molecular complexity index is 380. The van der Waals surface area contributed by atoms with Crippen molar-refractivity contribution in [1.29, 1.82) is 0 Å². The van der Waals surface area contributed by atoms with E-state index in [4.69, 9.17) is 17.2 Å². The molecule has 0 saturated carbocycles. The lowest BCUT2D eigenvalue weighted by Gasteiger charge is -2.22. The number of rotatable bonds is 7. The minimum Gasteiger partial charge on any atom is -0.330 e. The molecule has 0 heterocycles. The van der Waals surface area contributed by atoms with Crippen molar-refractivity contribution in [3.05, 3.63) is 39.9 Å². The topological polar surface area (TPSA) is 121 Å². The summed E-state index contributed by atoms with van der Waals surface area (Å²) in [5, 5.41) is 10.5. The highest BCUT2D eigenvalue weighted by atomic mass is 16.6. The molecule has 6 heteroatoms. The van der Waals surface area contributed by atoms with Crippen molar-refractivity contribution in [2.75, 3.05) is 13.1 Å². The molecule has 2 unspecified atom stereocenters. The van der Waals surface area contributed by atoms with E-state index in [0.29, 0.717) is 13.1 Å². The molecule has 18 heavy (non-hydrogen) atoms. The Balaban J connectivity index is 2.67.